The minimum atomic E-state index is -1.24. The van der Waals surface area contributed by atoms with E-state index >= 15 is 0 Å². The van der Waals surface area contributed by atoms with E-state index in [0.717, 1.165) is 37.7 Å². The lowest BCUT2D eigenvalue weighted by Crippen LogP contribution is -2.52. The van der Waals surface area contributed by atoms with Crippen molar-refractivity contribution in [2.24, 2.45) is 11.3 Å². The molecule has 4 atom stereocenters. The molecule has 1 aromatic carbocycles. The van der Waals surface area contributed by atoms with Crippen LogP contribution in [0, 0.1) is 11.3 Å². The van der Waals surface area contributed by atoms with Gasteiger partial charge in [-0.25, -0.2) is 0 Å². The van der Waals surface area contributed by atoms with Gasteiger partial charge in [0.15, 0.2) is 0 Å². The zero-order chi connectivity index (χ0) is 17.8. The molecule has 0 aromatic heterocycles. The molecule has 132 valence electrons. The standard InChI is InChI=1S/C20H28O4/c1-18-9-4-10-19(2,17(22)23)16(18)8-5-13-11-14(6-7-15(13)18)20(3,24)12-21/h6-7,11,16,21,24H,4-5,8-10,12H2,1-3H3,(H,22,23)/t16-,18-,19-,20+/m1/s1. The molecule has 1 fully saturated rings. The van der Waals surface area contributed by atoms with Gasteiger partial charge in [-0.05, 0) is 67.6 Å². The number of benzene rings is 1. The van der Waals surface area contributed by atoms with Gasteiger partial charge in [0, 0.05) is 0 Å². The van der Waals surface area contributed by atoms with Crippen LogP contribution in [-0.2, 0) is 22.2 Å². The number of fused-ring (bicyclic) bond motifs is 3. The topological polar surface area (TPSA) is 77.8 Å². The molecule has 0 saturated heterocycles. The smallest absolute Gasteiger partial charge is 0.309 e. The first-order chi connectivity index (χ1) is 11.1. The van der Waals surface area contributed by atoms with Crippen LogP contribution in [0.2, 0.25) is 0 Å². The number of hydrogen-bond donors (Lipinski definition) is 3. The summed E-state index contributed by atoms with van der Waals surface area (Å²) >= 11 is 0. The van der Waals surface area contributed by atoms with Gasteiger partial charge in [0.1, 0.15) is 5.60 Å². The highest BCUT2D eigenvalue weighted by Gasteiger charge is 2.55. The maximum absolute atomic E-state index is 11.9. The van der Waals surface area contributed by atoms with Crippen LogP contribution >= 0.6 is 0 Å². The van der Waals surface area contributed by atoms with Crippen molar-refractivity contribution in [3.8, 4) is 0 Å². The van der Waals surface area contributed by atoms with E-state index in [1.165, 1.54) is 11.1 Å². The second-order valence-electron chi connectivity index (χ2n) is 8.39. The number of carboxylic acid groups (broad SMARTS) is 1. The first kappa shape index (κ1) is 17.4. The molecule has 0 amide bonds. The Hall–Kier alpha value is -1.39. The first-order valence-electron chi connectivity index (χ1n) is 8.86. The van der Waals surface area contributed by atoms with Gasteiger partial charge in [0.05, 0.1) is 12.0 Å². The van der Waals surface area contributed by atoms with Gasteiger partial charge >= 0.3 is 5.97 Å². The number of rotatable bonds is 3. The molecule has 1 saturated carbocycles. The molecule has 0 spiro atoms. The van der Waals surface area contributed by atoms with Gasteiger partial charge in [-0.3, -0.25) is 4.79 Å². The fourth-order valence-electron chi connectivity index (χ4n) is 5.17. The SMILES string of the molecule is C[C@](O)(CO)c1ccc2c(c1)CC[C@H]1[C@](C)(C(=O)O)CCC[C@]21C. The Labute approximate surface area is 143 Å². The Morgan fingerprint density at radius 3 is 2.67 bits per heavy atom. The number of carbonyl (C=O) groups is 1. The van der Waals surface area contributed by atoms with Crippen molar-refractivity contribution in [3.05, 3.63) is 34.9 Å². The molecule has 24 heavy (non-hydrogen) atoms. The molecule has 3 rings (SSSR count). The van der Waals surface area contributed by atoms with Crippen molar-refractivity contribution in [1.82, 2.24) is 0 Å². The molecule has 0 heterocycles. The summed E-state index contributed by atoms with van der Waals surface area (Å²) in [5.74, 6) is -0.547. The predicted molar refractivity (Wildman–Crippen MR) is 91.9 cm³/mol. The van der Waals surface area contributed by atoms with Gasteiger partial charge in [0.2, 0.25) is 0 Å². The second kappa shape index (κ2) is 5.57. The number of aryl methyl sites for hydroxylation is 1. The summed E-state index contributed by atoms with van der Waals surface area (Å²) in [4.78, 5) is 11.9. The highest BCUT2D eigenvalue weighted by Crippen LogP contribution is 2.57. The molecular formula is C20H28O4. The number of carboxylic acids is 1. The Morgan fingerprint density at radius 2 is 2.04 bits per heavy atom. The Morgan fingerprint density at radius 1 is 1.33 bits per heavy atom. The zero-order valence-corrected chi connectivity index (χ0v) is 14.8. The Balaban J connectivity index is 2.06. The van der Waals surface area contributed by atoms with Crippen molar-refractivity contribution in [2.75, 3.05) is 6.61 Å². The third-order valence-corrected chi connectivity index (χ3v) is 6.77. The van der Waals surface area contributed by atoms with E-state index in [4.69, 9.17) is 0 Å². The van der Waals surface area contributed by atoms with E-state index in [0.29, 0.717) is 0 Å². The third-order valence-electron chi connectivity index (χ3n) is 6.77. The molecule has 0 radical (unpaired) electrons. The lowest BCUT2D eigenvalue weighted by atomic mass is 9.50. The summed E-state index contributed by atoms with van der Waals surface area (Å²) in [6, 6.07) is 5.93. The molecular weight excluding hydrogens is 304 g/mol. The lowest BCUT2D eigenvalue weighted by Gasteiger charge is -2.53. The number of aliphatic carboxylic acids is 1. The van der Waals surface area contributed by atoms with Crippen molar-refractivity contribution >= 4 is 5.97 Å². The molecule has 0 aliphatic heterocycles. The number of hydrogen-bond acceptors (Lipinski definition) is 3. The van der Waals surface area contributed by atoms with E-state index in [1.807, 2.05) is 19.1 Å². The molecule has 3 N–H and O–H groups in total. The van der Waals surface area contributed by atoms with Crippen molar-refractivity contribution in [2.45, 2.75) is 63.9 Å². The molecule has 4 heteroatoms. The number of aliphatic hydroxyl groups is 2. The third kappa shape index (κ3) is 2.39. The van der Waals surface area contributed by atoms with E-state index in [2.05, 4.69) is 13.0 Å². The molecule has 0 unspecified atom stereocenters. The van der Waals surface area contributed by atoms with Crippen molar-refractivity contribution in [1.29, 1.82) is 0 Å². The van der Waals surface area contributed by atoms with Crippen LogP contribution in [0.25, 0.3) is 0 Å². The van der Waals surface area contributed by atoms with Gasteiger partial charge < -0.3 is 15.3 Å². The Bertz CT molecular complexity index is 666. The van der Waals surface area contributed by atoms with Gasteiger partial charge in [-0.15, -0.1) is 0 Å². The molecule has 2 aliphatic carbocycles. The molecule has 2 aliphatic rings. The van der Waals surface area contributed by atoms with E-state index < -0.39 is 17.0 Å². The average molecular weight is 332 g/mol. The van der Waals surface area contributed by atoms with Gasteiger partial charge in [0.25, 0.3) is 0 Å². The summed E-state index contributed by atoms with van der Waals surface area (Å²) in [5, 5.41) is 29.5. The van der Waals surface area contributed by atoms with Crippen LogP contribution in [0.1, 0.15) is 63.1 Å². The fourth-order valence-corrected chi connectivity index (χ4v) is 5.17. The highest BCUT2D eigenvalue weighted by atomic mass is 16.4. The summed E-state index contributed by atoms with van der Waals surface area (Å²) in [6.45, 7) is 5.42. The van der Waals surface area contributed by atoms with E-state index in [-0.39, 0.29) is 17.9 Å². The molecule has 1 aromatic rings. The zero-order valence-electron chi connectivity index (χ0n) is 14.8. The van der Waals surface area contributed by atoms with Crippen LogP contribution in [-0.4, -0.2) is 27.9 Å². The molecule has 0 bridgehead atoms. The quantitative estimate of drug-likeness (QED) is 0.795. The maximum Gasteiger partial charge on any atom is 0.309 e. The van der Waals surface area contributed by atoms with Gasteiger partial charge in [-0.1, -0.05) is 31.5 Å². The number of aliphatic hydroxyl groups excluding tert-OH is 1. The first-order valence-corrected chi connectivity index (χ1v) is 8.86. The van der Waals surface area contributed by atoms with Crippen LogP contribution < -0.4 is 0 Å². The minimum Gasteiger partial charge on any atom is -0.481 e. The average Bonchev–Trinajstić information content (AvgIpc) is 2.54. The lowest BCUT2D eigenvalue weighted by molar-refractivity contribution is -0.157. The highest BCUT2D eigenvalue weighted by molar-refractivity contribution is 5.75. The summed E-state index contributed by atoms with van der Waals surface area (Å²) < 4.78 is 0. The maximum atomic E-state index is 11.9. The monoisotopic (exact) mass is 332 g/mol. The van der Waals surface area contributed by atoms with Crippen LogP contribution in [0.4, 0.5) is 0 Å². The van der Waals surface area contributed by atoms with E-state index in [9.17, 15) is 20.1 Å². The van der Waals surface area contributed by atoms with E-state index in [1.54, 1.807) is 6.92 Å². The largest absolute Gasteiger partial charge is 0.481 e. The predicted octanol–water partition coefficient (Wildman–Crippen LogP) is 2.98. The van der Waals surface area contributed by atoms with Gasteiger partial charge in [-0.2, -0.15) is 0 Å². The fraction of sp³-hybridized carbons (Fsp3) is 0.650. The normalized spacial score (nSPS) is 34.8. The van der Waals surface area contributed by atoms with Crippen molar-refractivity contribution in [3.63, 3.8) is 0 Å². The summed E-state index contributed by atoms with van der Waals surface area (Å²) in [7, 11) is 0. The van der Waals surface area contributed by atoms with Crippen LogP contribution in [0.3, 0.4) is 0 Å². The van der Waals surface area contributed by atoms with Crippen LogP contribution in [0.5, 0.6) is 0 Å². The molecule has 4 nitrogen and oxygen atoms in total. The summed E-state index contributed by atoms with van der Waals surface area (Å²) in [5.41, 5.74) is 1.10. The summed E-state index contributed by atoms with van der Waals surface area (Å²) in [6.07, 6.45) is 4.36. The Kier molecular flexibility index (Phi) is 4.04. The van der Waals surface area contributed by atoms with Crippen molar-refractivity contribution < 1.29 is 20.1 Å². The minimum absolute atomic E-state index is 0.132. The van der Waals surface area contributed by atoms with Crippen LogP contribution in [0.15, 0.2) is 18.2 Å². The second-order valence-corrected chi connectivity index (χ2v) is 8.39.